The summed E-state index contributed by atoms with van der Waals surface area (Å²) in [7, 11) is 0. The van der Waals surface area contributed by atoms with Crippen LogP contribution in [0.3, 0.4) is 0 Å². The third kappa shape index (κ3) is 2.19. The zero-order chi connectivity index (χ0) is 11.5. The van der Waals surface area contributed by atoms with Crippen LogP contribution in [0.15, 0.2) is 24.3 Å². The molecule has 0 aliphatic heterocycles. The van der Waals surface area contributed by atoms with Gasteiger partial charge >= 0.3 is 0 Å². The van der Waals surface area contributed by atoms with Gasteiger partial charge in [-0.1, -0.05) is 31.9 Å². The lowest BCUT2D eigenvalue weighted by Gasteiger charge is -2.08. The molecule has 0 atom stereocenters. The Balaban J connectivity index is 2.60. The summed E-state index contributed by atoms with van der Waals surface area (Å²) in [5.41, 5.74) is 3.63. The second-order valence-corrected chi connectivity index (χ2v) is 4.47. The zero-order valence-electron chi connectivity index (χ0n) is 9.76. The Morgan fingerprint density at radius 2 is 2.00 bits per heavy atom. The molecule has 0 unspecified atom stereocenters. The van der Waals surface area contributed by atoms with Crippen LogP contribution in [0.1, 0.15) is 31.5 Å². The lowest BCUT2D eigenvalue weighted by atomic mass is 10.0. The van der Waals surface area contributed by atoms with Crippen LogP contribution < -0.4 is 0 Å². The Hall–Kier alpha value is -1.08. The zero-order valence-corrected chi connectivity index (χ0v) is 10.5. The highest BCUT2D eigenvalue weighted by Gasteiger charge is 2.05. The predicted molar refractivity (Wildman–Crippen MR) is 70.1 cm³/mol. The fourth-order valence-electron chi connectivity index (χ4n) is 1.99. The number of fused-ring (bicyclic) bond motifs is 1. The molecule has 0 saturated heterocycles. The van der Waals surface area contributed by atoms with Crippen LogP contribution in [0.2, 0.25) is 5.02 Å². The maximum absolute atomic E-state index is 5.99. The van der Waals surface area contributed by atoms with E-state index < -0.39 is 0 Å². The maximum atomic E-state index is 5.99. The Morgan fingerprint density at radius 1 is 1.19 bits per heavy atom. The summed E-state index contributed by atoms with van der Waals surface area (Å²) in [4.78, 5) is 4.72. The Bertz CT molecular complexity index is 505. The quantitative estimate of drug-likeness (QED) is 0.766. The van der Waals surface area contributed by atoms with Crippen molar-refractivity contribution < 1.29 is 0 Å². The molecule has 0 aliphatic carbocycles. The van der Waals surface area contributed by atoms with Gasteiger partial charge in [0.1, 0.15) is 0 Å². The minimum absolute atomic E-state index is 0.777. The maximum Gasteiger partial charge on any atom is 0.0706 e. The second-order valence-electron chi connectivity index (χ2n) is 4.03. The molecule has 1 aromatic carbocycles. The van der Waals surface area contributed by atoms with Crippen molar-refractivity contribution in [1.82, 2.24) is 4.98 Å². The highest BCUT2D eigenvalue weighted by molar-refractivity contribution is 6.31. The van der Waals surface area contributed by atoms with Crippen molar-refractivity contribution in [3.63, 3.8) is 0 Å². The average molecular weight is 234 g/mol. The van der Waals surface area contributed by atoms with Crippen molar-refractivity contribution in [2.45, 2.75) is 33.1 Å². The molecule has 0 spiro atoms. The predicted octanol–water partition coefficient (Wildman–Crippen LogP) is 4.40. The van der Waals surface area contributed by atoms with E-state index in [0.717, 1.165) is 35.2 Å². The number of nitrogens with zero attached hydrogens (tertiary/aromatic N) is 1. The number of aromatic nitrogens is 1. The first-order chi connectivity index (χ1) is 7.74. The first kappa shape index (κ1) is 11.4. The first-order valence-electron chi connectivity index (χ1n) is 5.82. The standard InChI is InChI=1S/C14H16ClN/c1-3-5-13-10(4-2)8-11-9-12(15)6-7-14(11)16-13/h6-9H,3-5H2,1-2H3. The van der Waals surface area contributed by atoms with Gasteiger partial charge in [0.05, 0.1) is 5.52 Å². The molecule has 0 N–H and O–H groups in total. The number of halogens is 1. The van der Waals surface area contributed by atoms with Gasteiger partial charge in [0.25, 0.3) is 0 Å². The van der Waals surface area contributed by atoms with Crippen molar-refractivity contribution >= 4 is 22.5 Å². The van der Waals surface area contributed by atoms with Gasteiger partial charge in [-0.05, 0) is 42.7 Å². The fourth-order valence-corrected chi connectivity index (χ4v) is 2.17. The van der Waals surface area contributed by atoms with Gasteiger partial charge in [-0.15, -0.1) is 0 Å². The van der Waals surface area contributed by atoms with Gasteiger partial charge < -0.3 is 0 Å². The van der Waals surface area contributed by atoms with Gasteiger partial charge in [0.2, 0.25) is 0 Å². The number of benzene rings is 1. The third-order valence-corrected chi connectivity index (χ3v) is 3.05. The number of rotatable bonds is 3. The number of pyridine rings is 1. The van der Waals surface area contributed by atoms with Crippen LogP contribution in [-0.2, 0) is 12.8 Å². The molecule has 2 rings (SSSR count). The van der Waals surface area contributed by atoms with E-state index in [1.54, 1.807) is 0 Å². The monoisotopic (exact) mass is 233 g/mol. The molecule has 1 nitrogen and oxygen atoms in total. The molecule has 0 aliphatic rings. The Labute approximate surface area is 101 Å². The van der Waals surface area contributed by atoms with Crippen molar-refractivity contribution in [3.05, 3.63) is 40.5 Å². The molecule has 2 heteroatoms. The van der Waals surface area contributed by atoms with Crippen molar-refractivity contribution in [2.24, 2.45) is 0 Å². The fraction of sp³-hybridized carbons (Fsp3) is 0.357. The van der Waals surface area contributed by atoms with E-state index in [2.05, 4.69) is 19.9 Å². The molecule has 2 aromatic rings. The van der Waals surface area contributed by atoms with E-state index in [9.17, 15) is 0 Å². The molecule has 0 saturated carbocycles. The number of aryl methyl sites for hydroxylation is 2. The van der Waals surface area contributed by atoms with Gasteiger partial charge in [-0.3, -0.25) is 4.98 Å². The van der Waals surface area contributed by atoms with E-state index in [4.69, 9.17) is 16.6 Å². The van der Waals surface area contributed by atoms with Crippen LogP contribution in [0.4, 0.5) is 0 Å². The van der Waals surface area contributed by atoms with Crippen LogP contribution in [0.5, 0.6) is 0 Å². The van der Waals surface area contributed by atoms with Gasteiger partial charge in [-0.25, -0.2) is 0 Å². The highest BCUT2D eigenvalue weighted by atomic mass is 35.5. The van der Waals surface area contributed by atoms with Crippen LogP contribution in [-0.4, -0.2) is 4.98 Å². The smallest absolute Gasteiger partial charge is 0.0706 e. The van der Waals surface area contributed by atoms with E-state index in [-0.39, 0.29) is 0 Å². The molecule has 16 heavy (non-hydrogen) atoms. The number of hydrogen-bond acceptors (Lipinski definition) is 1. The molecule has 0 amide bonds. The molecule has 1 heterocycles. The lowest BCUT2D eigenvalue weighted by Crippen LogP contribution is -1.97. The second kappa shape index (κ2) is 4.84. The van der Waals surface area contributed by atoms with Crippen LogP contribution in [0.25, 0.3) is 10.9 Å². The van der Waals surface area contributed by atoms with Crippen LogP contribution >= 0.6 is 11.6 Å². The minimum Gasteiger partial charge on any atom is -0.253 e. The van der Waals surface area contributed by atoms with E-state index in [1.165, 1.54) is 11.3 Å². The van der Waals surface area contributed by atoms with Crippen molar-refractivity contribution in [3.8, 4) is 0 Å². The van der Waals surface area contributed by atoms with Crippen LogP contribution in [0, 0.1) is 0 Å². The van der Waals surface area contributed by atoms with E-state index in [1.807, 2.05) is 18.2 Å². The number of hydrogen-bond donors (Lipinski definition) is 0. The molecule has 0 radical (unpaired) electrons. The topological polar surface area (TPSA) is 12.9 Å². The van der Waals surface area contributed by atoms with Gasteiger partial charge in [-0.2, -0.15) is 0 Å². The first-order valence-corrected chi connectivity index (χ1v) is 6.20. The summed E-state index contributed by atoms with van der Waals surface area (Å²) in [6, 6.07) is 8.10. The molecule has 1 aromatic heterocycles. The Morgan fingerprint density at radius 3 is 2.69 bits per heavy atom. The molecule has 0 bridgehead atoms. The third-order valence-electron chi connectivity index (χ3n) is 2.81. The molecule has 84 valence electrons. The highest BCUT2D eigenvalue weighted by Crippen LogP contribution is 2.21. The normalized spacial score (nSPS) is 10.9. The largest absolute Gasteiger partial charge is 0.253 e. The summed E-state index contributed by atoms with van der Waals surface area (Å²) < 4.78 is 0. The average Bonchev–Trinajstić information content (AvgIpc) is 2.29. The SMILES string of the molecule is CCCc1nc2ccc(Cl)cc2cc1CC. The van der Waals surface area contributed by atoms with Crippen molar-refractivity contribution in [1.29, 1.82) is 0 Å². The van der Waals surface area contributed by atoms with Crippen molar-refractivity contribution in [2.75, 3.05) is 0 Å². The van der Waals surface area contributed by atoms with Gasteiger partial charge in [0, 0.05) is 16.1 Å². The Kier molecular flexibility index (Phi) is 3.45. The summed E-state index contributed by atoms with van der Waals surface area (Å²) >= 11 is 5.99. The molecular formula is C14H16ClN. The molecule has 0 fully saturated rings. The summed E-state index contributed by atoms with van der Waals surface area (Å²) in [6.45, 7) is 4.36. The summed E-state index contributed by atoms with van der Waals surface area (Å²) in [6.07, 6.45) is 3.23. The minimum atomic E-state index is 0.777. The lowest BCUT2D eigenvalue weighted by molar-refractivity contribution is 0.865. The van der Waals surface area contributed by atoms with E-state index >= 15 is 0 Å². The van der Waals surface area contributed by atoms with E-state index in [0.29, 0.717) is 0 Å². The molecular weight excluding hydrogens is 218 g/mol. The van der Waals surface area contributed by atoms with Gasteiger partial charge in [0.15, 0.2) is 0 Å². The summed E-state index contributed by atoms with van der Waals surface area (Å²) in [5.74, 6) is 0. The summed E-state index contributed by atoms with van der Waals surface area (Å²) in [5, 5.41) is 1.92.